The Labute approximate surface area is 62.0 Å². The van der Waals surface area contributed by atoms with Crippen LogP contribution in [0.15, 0.2) is 12.7 Å². The van der Waals surface area contributed by atoms with E-state index in [-0.39, 0.29) is 6.61 Å². The van der Waals surface area contributed by atoms with E-state index < -0.39 is 17.5 Å². The Kier molecular flexibility index (Phi) is 5.42. The predicted octanol–water partition coefficient (Wildman–Crippen LogP) is -0.266. The van der Waals surface area contributed by atoms with Crippen LogP contribution < -0.4 is 0 Å². The second kappa shape index (κ2) is 5.55. The maximum absolute atomic E-state index is 9.75. The molecule has 10 heavy (non-hydrogen) atoms. The molecule has 0 aromatic rings. The van der Waals surface area contributed by atoms with Gasteiger partial charge in [0, 0.05) is 0 Å². The lowest BCUT2D eigenvalue weighted by molar-refractivity contribution is 0.111. The van der Waals surface area contributed by atoms with Crippen molar-refractivity contribution in [3.63, 3.8) is 0 Å². The molecular weight excluding hydrogens is 156 g/mol. The zero-order chi connectivity index (χ0) is 7.98. The number of hydrogen-bond donors (Lipinski definition) is 1. The summed E-state index contributed by atoms with van der Waals surface area (Å²) < 4.78 is 23.6. The molecule has 4 nitrogen and oxygen atoms in total. The van der Waals surface area contributed by atoms with Crippen molar-refractivity contribution in [1.82, 2.24) is 0 Å². The first-order chi connectivity index (χ1) is 4.66. The molecule has 60 valence electrons. The van der Waals surface area contributed by atoms with Crippen molar-refractivity contribution in [2.45, 2.75) is 12.5 Å². The molecule has 0 aromatic heterocycles. The van der Waals surface area contributed by atoms with Crippen LogP contribution in [0.1, 0.15) is 6.42 Å². The average Bonchev–Trinajstić information content (AvgIpc) is 1.85. The summed E-state index contributed by atoms with van der Waals surface area (Å²) in [5, 5.41) is 8.83. The Bertz CT molecular complexity index is 125. The number of aliphatic hydroxyl groups is 1. The Balaban J connectivity index is 3.29. The second-order valence-corrected chi connectivity index (χ2v) is 2.31. The third-order valence-electron chi connectivity index (χ3n) is 0.795. The van der Waals surface area contributed by atoms with Gasteiger partial charge in [-0.15, -0.1) is 6.58 Å². The zero-order valence-electron chi connectivity index (χ0n) is 5.36. The van der Waals surface area contributed by atoms with Gasteiger partial charge in [0.15, 0.2) is 0 Å². The molecule has 0 aliphatic rings. The fourth-order valence-corrected chi connectivity index (χ4v) is 0.663. The molecule has 0 aliphatic heterocycles. The van der Waals surface area contributed by atoms with Gasteiger partial charge in [-0.05, 0) is 6.42 Å². The third kappa shape index (κ3) is 5.90. The summed E-state index contributed by atoms with van der Waals surface area (Å²) >= 11 is -2.53. The largest absolute Gasteiger partial charge is 0.750 e. The van der Waals surface area contributed by atoms with Gasteiger partial charge in [-0.25, -0.2) is 4.21 Å². The lowest BCUT2D eigenvalue weighted by Crippen LogP contribution is -2.14. The normalized spacial score (nSPS) is 16.2. The van der Waals surface area contributed by atoms with Gasteiger partial charge in [-0.1, -0.05) is 6.08 Å². The maximum atomic E-state index is 9.75. The van der Waals surface area contributed by atoms with E-state index in [0.717, 1.165) is 0 Å². The SMILES string of the molecule is C=CCC(O)COS(=O)[O-]. The molecule has 0 rings (SSSR count). The van der Waals surface area contributed by atoms with Crippen molar-refractivity contribution >= 4 is 11.4 Å². The zero-order valence-corrected chi connectivity index (χ0v) is 6.17. The van der Waals surface area contributed by atoms with Crippen LogP contribution in [0.25, 0.3) is 0 Å². The van der Waals surface area contributed by atoms with Crippen LogP contribution in [-0.2, 0) is 15.5 Å². The molecule has 0 radical (unpaired) electrons. The fourth-order valence-electron chi connectivity index (χ4n) is 0.395. The lowest BCUT2D eigenvalue weighted by Gasteiger charge is -2.09. The molecule has 0 amide bonds. The predicted molar refractivity (Wildman–Crippen MR) is 35.7 cm³/mol. The van der Waals surface area contributed by atoms with E-state index in [1.54, 1.807) is 0 Å². The minimum Gasteiger partial charge on any atom is -0.750 e. The molecule has 5 heteroatoms. The highest BCUT2D eigenvalue weighted by atomic mass is 32.2. The smallest absolute Gasteiger partial charge is 0.0891 e. The van der Waals surface area contributed by atoms with Crippen LogP contribution in [0.3, 0.4) is 0 Å². The quantitative estimate of drug-likeness (QED) is 0.450. The molecule has 2 unspecified atom stereocenters. The van der Waals surface area contributed by atoms with Crippen molar-refractivity contribution in [2.75, 3.05) is 6.61 Å². The van der Waals surface area contributed by atoms with Crippen LogP contribution in [0.4, 0.5) is 0 Å². The average molecular weight is 165 g/mol. The van der Waals surface area contributed by atoms with Crippen molar-refractivity contribution in [2.24, 2.45) is 0 Å². The summed E-state index contributed by atoms with van der Waals surface area (Å²) in [6.07, 6.45) is 1.04. The molecule has 0 aliphatic carbocycles. The first-order valence-corrected chi connectivity index (χ1v) is 3.68. The monoisotopic (exact) mass is 165 g/mol. The summed E-state index contributed by atoms with van der Waals surface area (Å²) in [5.41, 5.74) is 0. The van der Waals surface area contributed by atoms with E-state index in [9.17, 15) is 8.76 Å². The molecule has 0 heterocycles. The fraction of sp³-hybridized carbons (Fsp3) is 0.600. The minimum absolute atomic E-state index is 0.206. The summed E-state index contributed by atoms with van der Waals surface area (Å²) in [6, 6.07) is 0. The van der Waals surface area contributed by atoms with Gasteiger partial charge in [0.1, 0.15) is 0 Å². The lowest BCUT2D eigenvalue weighted by atomic mass is 10.3. The first-order valence-electron chi connectivity index (χ1n) is 2.68. The van der Waals surface area contributed by atoms with Crippen molar-refractivity contribution in [3.05, 3.63) is 12.7 Å². The highest BCUT2D eigenvalue weighted by Gasteiger charge is 2.00. The van der Waals surface area contributed by atoms with Crippen LogP contribution in [0.5, 0.6) is 0 Å². The van der Waals surface area contributed by atoms with Gasteiger partial charge in [-0.2, -0.15) is 0 Å². The summed E-state index contributed by atoms with van der Waals surface area (Å²) in [4.78, 5) is 0. The molecule has 0 aromatic carbocycles. The Morgan fingerprint density at radius 2 is 2.50 bits per heavy atom. The standard InChI is InChI=1S/C5H10O4S/c1-2-3-5(6)4-9-10(7)8/h2,5-6H,1,3-4H2,(H,7,8)/p-1. The van der Waals surface area contributed by atoms with E-state index in [1.807, 2.05) is 0 Å². The van der Waals surface area contributed by atoms with Crippen LogP contribution in [-0.4, -0.2) is 26.6 Å². The van der Waals surface area contributed by atoms with Gasteiger partial charge in [0.2, 0.25) is 0 Å². The van der Waals surface area contributed by atoms with E-state index in [0.29, 0.717) is 6.42 Å². The maximum Gasteiger partial charge on any atom is 0.0891 e. The van der Waals surface area contributed by atoms with Crippen molar-refractivity contribution in [3.8, 4) is 0 Å². The highest BCUT2D eigenvalue weighted by Crippen LogP contribution is 1.93. The van der Waals surface area contributed by atoms with E-state index in [1.165, 1.54) is 6.08 Å². The minimum atomic E-state index is -2.53. The summed E-state index contributed by atoms with van der Waals surface area (Å²) in [6.45, 7) is 3.15. The van der Waals surface area contributed by atoms with E-state index in [2.05, 4.69) is 10.8 Å². The van der Waals surface area contributed by atoms with Gasteiger partial charge < -0.3 is 9.66 Å². The first kappa shape index (κ1) is 9.77. The van der Waals surface area contributed by atoms with Crippen molar-refractivity contribution < 1.29 is 18.1 Å². The summed E-state index contributed by atoms with van der Waals surface area (Å²) in [5.74, 6) is 0. The number of rotatable bonds is 5. The third-order valence-corrected chi connectivity index (χ3v) is 1.12. The second-order valence-electron chi connectivity index (χ2n) is 1.67. The molecule has 0 spiro atoms. The molecule has 2 atom stereocenters. The van der Waals surface area contributed by atoms with Gasteiger partial charge >= 0.3 is 0 Å². The van der Waals surface area contributed by atoms with Crippen LogP contribution >= 0.6 is 0 Å². The van der Waals surface area contributed by atoms with Crippen LogP contribution in [0.2, 0.25) is 0 Å². The van der Waals surface area contributed by atoms with Crippen LogP contribution in [0, 0.1) is 0 Å². The molecule has 0 fully saturated rings. The number of hydrogen-bond acceptors (Lipinski definition) is 4. The van der Waals surface area contributed by atoms with Crippen molar-refractivity contribution in [1.29, 1.82) is 0 Å². The Morgan fingerprint density at radius 3 is 2.90 bits per heavy atom. The molecule has 0 saturated heterocycles. The van der Waals surface area contributed by atoms with E-state index >= 15 is 0 Å². The topological polar surface area (TPSA) is 69.6 Å². The van der Waals surface area contributed by atoms with Gasteiger partial charge in [0.05, 0.1) is 24.1 Å². The van der Waals surface area contributed by atoms with E-state index in [4.69, 9.17) is 5.11 Å². The Hall–Kier alpha value is -0.230. The molecular formula is C5H9O4S-. The Morgan fingerprint density at radius 1 is 1.90 bits per heavy atom. The molecule has 0 saturated carbocycles. The highest BCUT2D eigenvalue weighted by molar-refractivity contribution is 7.74. The summed E-state index contributed by atoms with van der Waals surface area (Å²) in [7, 11) is 0. The number of aliphatic hydroxyl groups excluding tert-OH is 1. The van der Waals surface area contributed by atoms with Gasteiger partial charge in [-0.3, -0.25) is 4.18 Å². The molecule has 0 bridgehead atoms. The molecule has 1 N–H and O–H groups in total. The van der Waals surface area contributed by atoms with Gasteiger partial charge in [0.25, 0.3) is 0 Å².